The minimum atomic E-state index is -0.898. The number of carboxylic acid groups (broad SMARTS) is 1. The lowest BCUT2D eigenvalue weighted by atomic mass is 9.95. The molecule has 3 atom stereocenters. The smallest absolute Gasteiger partial charge is 0.307 e. The molecule has 1 fully saturated rings. The van der Waals surface area contributed by atoms with Gasteiger partial charge in [0.2, 0.25) is 5.91 Å². The largest absolute Gasteiger partial charge is 0.481 e. The summed E-state index contributed by atoms with van der Waals surface area (Å²) in [7, 11) is 0. The van der Waals surface area contributed by atoms with Crippen molar-refractivity contribution in [2.24, 2.45) is 11.8 Å². The van der Waals surface area contributed by atoms with Crippen LogP contribution in [-0.2, 0) is 9.59 Å². The van der Waals surface area contributed by atoms with Crippen LogP contribution in [0, 0.1) is 11.8 Å². The van der Waals surface area contributed by atoms with Crippen molar-refractivity contribution in [2.75, 3.05) is 6.54 Å². The minimum Gasteiger partial charge on any atom is -0.481 e. The topological polar surface area (TPSA) is 86.6 Å². The number of carbonyl (C=O) groups is 2. The number of hydrogen-bond donors (Lipinski definition) is 3. The lowest BCUT2D eigenvalue weighted by molar-refractivity contribution is -0.146. The second kappa shape index (κ2) is 5.11. The highest BCUT2D eigenvalue weighted by molar-refractivity contribution is 5.85. The van der Waals surface area contributed by atoms with Crippen LogP contribution in [0.15, 0.2) is 0 Å². The molecule has 0 saturated heterocycles. The fraction of sp³-hybridized carbons (Fsp3) is 0.800. The summed E-state index contributed by atoms with van der Waals surface area (Å²) in [6.45, 7) is 1.76. The van der Waals surface area contributed by atoms with Crippen molar-refractivity contribution >= 4 is 11.9 Å². The first kappa shape index (κ1) is 12.0. The molecule has 1 amide bonds. The molecule has 0 radical (unpaired) electrons. The standard InChI is InChI=1S/C10H17NO4/c1-6(12)5-11-9(13)7-3-2-4-8(7)10(14)15/h6-8,12H,2-5H2,1H3,(H,11,13)(H,14,15)/t6-,7-,8+/m1/s1. The van der Waals surface area contributed by atoms with Crippen molar-refractivity contribution in [3.05, 3.63) is 0 Å². The van der Waals surface area contributed by atoms with E-state index in [1.165, 1.54) is 0 Å². The summed E-state index contributed by atoms with van der Waals surface area (Å²) in [5, 5.41) is 20.4. The zero-order valence-corrected chi connectivity index (χ0v) is 8.77. The van der Waals surface area contributed by atoms with E-state index >= 15 is 0 Å². The molecule has 1 rings (SSSR count). The number of hydrogen-bond acceptors (Lipinski definition) is 3. The summed E-state index contributed by atoms with van der Waals surface area (Å²) in [5.41, 5.74) is 0. The van der Waals surface area contributed by atoms with E-state index in [1.54, 1.807) is 6.92 Å². The summed E-state index contributed by atoms with van der Waals surface area (Å²) >= 11 is 0. The summed E-state index contributed by atoms with van der Waals surface area (Å²) < 4.78 is 0. The minimum absolute atomic E-state index is 0.182. The SMILES string of the molecule is C[C@@H](O)CNC(=O)[C@@H]1CCC[C@@H]1C(=O)O. The maximum atomic E-state index is 11.6. The predicted molar refractivity (Wildman–Crippen MR) is 53.2 cm³/mol. The Balaban J connectivity index is 2.47. The molecule has 5 nitrogen and oxygen atoms in total. The highest BCUT2D eigenvalue weighted by Crippen LogP contribution is 2.31. The van der Waals surface area contributed by atoms with E-state index in [0.717, 1.165) is 6.42 Å². The molecule has 0 heterocycles. The zero-order valence-electron chi connectivity index (χ0n) is 8.77. The molecule has 1 aliphatic rings. The Morgan fingerprint density at radius 2 is 2.00 bits per heavy atom. The van der Waals surface area contributed by atoms with Gasteiger partial charge in [-0.3, -0.25) is 9.59 Å². The van der Waals surface area contributed by atoms with Gasteiger partial charge >= 0.3 is 5.97 Å². The van der Waals surface area contributed by atoms with Gasteiger partial charge < -0.3 is 15.5 Å². The molecule has 0 unspecified atom stereocenters. The summed E-state index contributed by atoms with van der Waals surface area (Å²) in [6.07, 6.45) is 1.38. The molecule has 0 spiro atoms. The van der Waals surface area contributed by atoms with Gasteiger partial charge in [0.25, 0.3) is 0 Å². The Morgan fingerprint density at radius 3 is 2.53 bits per heavy atom. The molecule has 0 aromatic rings. The van der Waals surface area contributed by atoms with Gasteiger partial charge in [0.15, 0.2) is 0 Å². The van der Waals surface area contributed by atoms with E-state index < -0.39 is 23.9 Å². The second-order valence-corrected chi connectivity index (χ2v) is 4.08. The van der Waals surface area contributed by atoms with Crippen molar-refractivity contribution in [3.8, 4) is 0 Å². The predicted octanol–water partition coefficient (Wildman–Crippen LogP) is -0.0157. The van der Waals surface area contributed by atoms with Gasteiger partial charge in [0, 0.05) is 6.54 Å². The maximum Gasteiger partial charge on any atom is 0.307 e. The lowest BCUT2D eigenvalue weighted by Crippen LogP contribution is -2.38. The van der Waals surface area contributed by atoms with Crippen LogP contribution in [0.5, 0.6) is 0 Å². The molecule has 15 heavy (non-hydrogen) atoms. The summed E-state index contributed by atoms with van der Waals surface area (Å²) in [4.78, 5) is 22.4. The first-order valence-corrected chi connectivity index (χ1v) is 5.21. The normalized spacial score (nSPS) is 27.3. The molecule has 0 aromatic heterocycles. The number of amides is 1. The van der Waals surface area contributed by atoms with Gasteiger partial charge in [0.05, 0.1) is 17.9 Å². The van der Waals surface area contributed by atoms with Crippen molar-refractivity contribution < 1.29 is 19.8 Å². The Bertz CT molecular complexity index is 252. The van der Waals surface area contributed by atoms with Crippen molar-refractivity contribution in [2.45, 2.75) is 32.3 Å². The van der Waals surface area contributed by atoms with Gasteiger partial charge in [-0.1, -0.05) is 6.42 Å². The van der Waals surface area contributed by atoms with E-state index in [2.05, 4.69) is 5.32 Å². The zero-order chi connectivity index (χ0) is 11.4. The average Bonchev–Trinajstić information content (AvgIpc) is 2.62. The van der Waals surface area contributed by atoms with Crippen LogP contribution >= 0.6 is 0 Å². The third kappa shape index (κ3) is 3.20. The van der Waals surface area contributed by atoms with Crippen molar-refractivity contribution in [1.82, 2.24) is 5.32 Å². The number of nitrogens with one attached hydrogen (secondary N) is 1. The van der Waals surface area contributed by atoms with Gasteiger partial charge in [-0.2, -0.15) is 0 Å². The van der Waals surface area contributed by atoms with Crippen LogP contribution in [0.3, 0.4) is 0 Å². The van der Waals surface area contributed by atoms with E-state index in [9.17, 15) is 9.59 Å². The fourth-order valence-corrected chi connectivity index (χ4v) is 1.95. The molecule has 0 aromatic carbocycles. The van der Waals surface area contributed by atoms with E-state index in [4.69, 9.17) is 10.2 Å². The van der Waals surface area contributed by atoms with Gasteiger partial charge in [-0.05, 0) is 19.8 Å². The van der Waals surface area contributed by atoms with Gasteiger partial charge in [0.1, 0.15) is 0 Å². The Labute approximate surface area is 88.5 Å². The van der Waals surface area contributed by atoms with Gasteiger partial charge in [-0.15, -0.1) is 0 Å². The Kier molecular flexibility index (Phi) is 4.08. The third-order valence-corrected chi connectivity index (χ3v) is 2.74. The molecule has 0 aliphatic heterocycles. The molecular weight excluding hydrogens is 198 g/mol. The number of aliphatic carboxylic acids is 1. The molecule has 3 N–H and O–H groups in total. The monoisotopic (exact) mass is 215 g/mol. The average molecular weight is 215 g/mol. The second-order valence-electron chi connectivity index (χ2n) is 4.08. The highest BCUT2D eigenvalue weighted by Gasteiger charge is 2.37. The number of aliphatic hydroxyl groups excluding tert-OH is 1. The van der Waals surface area contributed by atoms with Crippen molar-refractivity contribution in [3.63, 3.8) is 0 Å². The fourth-order valence-electron chi connectivity index (χ4n) is 1.95. The number of carboxylic acids is 1. The lowest BCUT2D eigenvalue weighted by Gasteiger charge is -2.16. The summed E-state index contributed by atoms with van der Waals surface area (Å²) in [6, 6.07) is 0. The molecule has 1 saturated carbocycles. The van der Waals surface area contributed by atoms with Crippen LogP contribution in [0.25, 0.3) is 0 Å². The van der Waals surface area contributed by atoms with E-state index in [0.29, 0.717) is 12.8 Å². The van der Waals surface area contributed by atoms with Crippen LogP contribution in [0.1, 0.15) is 26.2 Å². The first-order valence-electron chi connectivity index (χ1n) is 5.21. The first-order chi connectivity index (χ1) is 7.02. The molecule has 5 heteroatoms. The van der Waals surface area contributed by atoms with E-state index in [1.807, 2.05) is 0 Å². The van der Waals surface area contributed by atoms with Crippen molar-refractivity contribution in [1.29, 1.82) is 0 Å². The van der Waals surface area contributed by atoms with Gasteiger partial charge in [-0.25, -0.2) is 0 Å². The molecule has 1 aliphatic carbocycles. The maximum absolute atomic E-state index is 11.6. The number of carbonyl (C=O) groups excluding carboxylic acids is 1. The Morgan fingerprint density at radius 1 is 1.40 bits per heavy atom. The summed E-state index contributed by atoms with van der Waals surface area (Å²) in [5.74, 6) is -2.13. The third-order valence-electron chi connectivity index (χ3n) is 2.74. The van der Waals surface area contributed by atoms with Crippen LogP contribution in [0.2, 0.25) is 0 Å². The highest BCUT2D eigenvalue weighted by atomic mass is 16.4. The van der Waals surface area contributed by atoms with Crippen LogP contribution in [-0.4, -0.2) is 34.7 Å². The molecule has 86 valence electrons. The number of aliphatic hydroxyl groups is 1. The van der Waals surface area contributed by atoms with Crippen LogP contribution < -0.4 is 5.32 Å². The molecule has 0 bridgehead atoms. The quantitative estimate of drug-likeness (QED) is 0.615. The van der Waals surface area contributed by atoms with E-state index in [-0.39, 0.29) is 12.5 Å². The Hall–Kier alpha value is -1.10. The molecular formula is C10H17NO4. The van der Waals surface area contributed by atoms with Crippen LogP contribution in [0.4, 0.5) is 0 Å². The number of rotatable bonds is 4.